The van der Waals surface area contributed by atoms with Gasteiger partial charge < -0.3 is 10.1 Å². The van der Waals surface area contributed by atoms with E-state index in [0.29, 0.717) is 18.0 Å². The van der Waals surface area contributed by atoms with Gasteiger partial charge in [0.15, 0.2) is 5.69 Å². The quantitative estimate of drug-likeness (QED) is 0.777. The maximum Gasteiger partial charge on any atom is 0.274 e. The Bertz CT molecular complexity index is 860. The summed E-state index contributed by atoms with van der Waals surface area (Å²) in [5, 5.41) is 13.8. The van der Waals surface area contributed by atoms with Gasteiger partial charge in [-0.25, -0.2) is 0 Å². The lowest BCUT2D eigenvalue weighted by molar-refractivity contribution is 0.0920. The van der Waals surface area contributed by atoms with Gasteiger partial charge >= 0.3 is 0 Å². The predicted molar refractivity (Wildman–Crippen MR) is 88.6 cm³/mol. The van der Waals surface area contributed by atoms with E-state index in [2.05, 4.69) is 20.7 Å². The Balaban J connectivity index is 1.60. The van der Waals surface area contributed by atoms with Gasteiger partial charge in [0.2, 0.25) is 0 Å². The first kappa shape index (κ1) is 14.4. The minimum absolute atomic E-state index is 0.0947. The smallest absolute Gasteiger partial charge is 0.274 e. The summed E-state index contributed by atoms with van der Waals surface area (Å²) in [5.41, 5.74) is 2.68. The summed E-state index contributed by atoms with van der Waals surface area (Å²) in [4.78, 5) is 12.7. The summed E-state index contributed by atoms with van der Waals surface area (Å²) in [6, 6.07) is 17.2. The maximum absolute atomic E-state index is 12.7. The van der Waals surface area contributed by atoms with Crippen molar-refractivity contribution in [1.29, 1.82) is 0 Å². The predicted octanol–water partition coefficient (Wildman–Crippen LogP) is 2.73. The van der Waals surface area contributed by atoms with E-state index in [1.165, 1.54) is 0 Å². The van der Waals surface area contributed by atoms with Crippen LogP contribution in [0, 0.1) is 0 Å². The largest absolute Gasteiger partial charge is 0.493 e. The molecule has 0 bridgehead atoms. The van der Waals surface area contributed by atoms with Crippen LogP contribution in [0.4, 0.5) is 0 Å². The number of carbonyl (C=O) groups is 1. The lowest BCUT2D eigenvalue weighted by Crippen LogP contribution is -2.32. The third-order valence-corrected chi connectivity index (χ3v) is 4.07. The standard InChI is InChI=1S/C18H16N4O2/c23-18(17-16(20-22-21-17)12-6-2-1-3-7-12)19-14-10-11-24-15-9-5-4-8-13(14)15/h1-9,14H,10-11H2,(H,19,23)(H,20,21,22)/t14-/m0/s1. The van der Waals surface area contributed by atoms with E-state index in [4.69, 9.17) is 4.74 Å². The second-order valence-corrected chi connectivity index (χ2v) is 5.59. The molecule has 0 spiro atoms. The van der Waals surface area contributed by atoms with Gasteiger partial charge in [0.25, 0.3) is 5.91 Å². The highest BCUT2D eigenvalue weighted by Crippen LogP contribution is 2.32. The first-order valence-electron chi connectivity index (χ1n) is 7.81. The Labute approximate surface area is 138 Å². The average Bonchev–Trinajstić information content (AvgIpc) is 3.13. The van der Waals surface area contributed by atoms with Crippen molar-refractivity contribution in [2.24, 2.45) is 0 Å². The maximum atomic E-state index is 12.7. The molecule has 24 heavy (non-hydrogen) atoms. The number of ether oxygens (including phenoxy) is 1. The van der Waals surface area contributed by atoms with Crippen LogP contribution >= 0.6 is 0 Å². The summed E-state index contributed by atoms with van der Waals surface area (Å²) in [6.45, 7) is 0.576. The Morgan fingerprint density at radius 3 is 2.75 bits per heavy atom. The zero-order chi connectivity index (χ0) is 16.4. The summed E-state index contributed by atoms with van der Waals surface area (Å²) in [7, 11) is 0. The van der Waals surface area contributed by atoms with Crippen LogP contribution in [0.5, 0.6) is 5.75 Å². The molecule has 1 aliphatic heterocycles. The van der Waals surface area contributed by atoms with Crippen LogP contribution in [0.25, 0.3) is 11.3 Å². The fourth-order valence-corrected chi connectivity index (χ4v) is 2.91. The molecule has 0 saturated heterocycles. The van der Waals surface area contributed by atoms with Gasteiger partial charge in [-0.1, -0.05) is 48.5 Å². The molecule has 0 unspecified atom stereocenters. The summed E-state index contributed by atoms with van der Waals surface area (Å²) < 4.78 is 5.63. The minimum atomic E-state index is -0.246. The number of aromatic nitrogens is 3. The molecule has 2 aromatic carbocycles. The van der Waals surface area contributed by atoms with Crippen LogP contribution in [0.3, 0.4) is 0 Å². The number of nitrogens with zero attached hydrogens (tertiary/aromatic N) is 2. The molecule has 2 heterocycles. The number of H-pyrrole nitrogens is 1. The molecule has 120 valence electrons. The van der Waals surface area contributed by atoms with Crippen molar-refractivity contribution in [2.75, 3.05) is 6.61 Å². The van der Waals surface area contributed by atoms with E-state index in [1.807, 2.05) is 54.6 Å². The molecule has 4 rings (SSSR count). The third-order valence-electron chi connectivity index (χ3n) is 4.07. The monoisotopic (exact) mass is 320 g/mol. The summed E-state index contributed by atoms with van der Waals surface area (Å²) >= 11 is 0. The molecule has 6 heteroatoms. The summed E-state index contributed by atoms with van der Waals surface area (Å²) in [5.74, 6) is 0.571. The highest BCUT2D eigenvalue weighted by atomic mass is 16.5. The Morgan fingerprint density at radius 1 is 1.08 bits per heavy atom. The number of benzene rings is 2. The van der Waals surface area contributed by atoms with Gasteiger partial charge in [0.05, 0.1) is 12.6 Å². The highest BCUT2D eigenvalue weighted by Gasteiger charge is 2.25. The summed E-state index contributed by atoms with van der Waals surface area (Å²) in [6.07, 6.45) is 0.723. The second-order valence-electron chi connectivity index (χ2n) is 5.59. The molecule has 1 aliphatic rings. The Hall–Kier alpha value is -3.15. The van der Waals surface area contributed by atoms with Crippen molar-refractivity contribution in [2.45, 2.75) is 12.5 Å². The van der Waals surface area contributed by atoms with Crippen molar-refractivity contribution in [3.63, 3.8) is 0 Å². The number of para-hydroxylation sites is 1. The van der Waals surface area contributed by atoms with Gasteiger partial charge in [-0.3, -0.25) is 4.79 Å². The second kappa shape index (κ2) is 6.16. The van der Waals surface area contributed by atoms with Gasteiger partial charge in [-0.05, 0) is 6.07 Å². The fraction of sp³-hybridized carbons (Fsp3) is 0.167. The molecular weight excluding hydrogens is 304 g/mol. The number of fused-ring (bicyclic) bond motifs is 1. The zero-order valence-electron chi connectivity index (χ0n) is 12.9. The average molecular weight is 320 g/mol. The van der Waals surface area contributed by atoms with Crippen LogP contribution in [-0.2, 0) is 0 Å². The highest BCUT2D eigenvalue weighted by molar-refractivity contribution is 5.98. The lowest BCUT2D eigenvalue weighted by Gasteiger charge is -2.26. The number of rotatable bonds is 3. The van der Waals surface area contributed by atoms with E-state index in [-0.39, 0.29) is 11.9 Å². The number of aromatic amines is 1. The first-order valence-corrected chi connectivity index (χ1v) is 7.81. The number of amides is 1. The number of hydrogen-bond donors (Lipinski definition) is 2. The van der Waals surface area contributed by atoms with Crippen LogP contribution in [-0.4, -0.2) is 27.9 Å². The molecule has 1 aromatic heterocycles. The SMILES string of the molecule is O=C(N[C@H]1CCOc2ccccc21)c1n[nH]nc1-c1ccccc1. The number of carbonyl (C=O) groups excluding carboxylic acids is 1. The van der Waals surface area contributed by atoms with Crippen LogP contribution in [0.2, 0.25) is 0 Å². The first-order chi connectivity index (χ1) is 11.8. The zero-order valence-corrected chi connectivity index (χ0v) is 12.9. The van der Waals surface area contributed by atoms with Crippen molar-refractivity contribution in [3.05, 3.63) is 65.9 Å². The molecule has 0 saturated carbocycles. The molecule has 0 aliphatic carbocycles. The van der Waals surface area contributed by atoms with Crippen LogP contribution < -0.4 is 10.1 Å². The molecule has 0 fully saturated rings. The van der Waals surface area contributed by atoms with E-state index in [0.717, 1.165) is 23.3 Å². The Kier molecular flexibility index (Phi) is 3.70. The van der Waals surface area contributed by atoms with Gasteiger partial charge in [-0.15, -0.1) is 0 Å². The molecule has 6 nitrogen and oxygen atoms in total. The molecule has 2 N–H and O–H groups in total. The van der Waals surface area contributed by atoms with Crippen LogP contribution in [0.1, 0.15) is 28.5 Å². The topological polar surface area (TPSA) is 79.9 Å². The van der Waals surface area contributed by atoms with Crippen molar-refractivity contribution in [3.8, 4) is 17.0 Å². The Morgan fingerprint density at radius 2 is 1.88 bits per heavy atom. The number of nitrogens with one attached hydrogen (secondary N) is 2. The van der Waals surface area contributed by atoms with Gasteiger partial charge in [0, 0.05) is 17.5 Å². The molecular formula is C18H16N4O2. The van der Waals surface area contributed by atoms with E-state index < -0.39 is 0 Å². The van der Waals surface area contributed by atoms with Gasteiger partial charge in [-0.2, -0.15) is 15.4 Å². The van der Waals surface area contributed by atoms with Crippen molar-refractivity contribution < 1.29 is 9.53 Å². The van der Waals surface area contributed by atoms with Crippen molar-refractivity contribution >= 4 is 5.91 Å². The van der Waals surface area contributed by atoms with E-state index >= 15 is 0 Å². The molecule has 0 radical (unpaired) electrons. The minimum Gasteiger partial charge on any atom is -0.493 e. The van der Waals surface area contributed by atoms with E-state index in [9.17, 15) is 4.79 Å². The lowest BCUT2D eigenvalue weighted by atomic mass is 10.0. The van der Waals surface area contributed by atoms with Crippen molar-refractivity contribution in [1.82, 2.24) is 20.7 Å². The molecule has 1 amide bonds. The normalized spacial score (nSPS) is 16.1. The van der Waals surface area contributed by atoms with Crippen LogP contribution in [0.15, 0.2) is 54.6 Å². The third kappa shape index (κ3) is 2.62. The van der Waals surface area contributed by atoms with Gasteiger partial charge in [0.1, 0.15) is 11.4 Å². The molecule has 3 aromatic rings. The fourth-order valence-electron chi connectivity index (χ4n) is 2.91. The molecule has 1 atom stereocenters. The van der Waals surface area contributed by atoms with E-state index in [1.54, 1.807) is 0 Å². The number of hydrogen-bond acceptors (Lipinski definition) is 4.